The van der Waals surface area contributed by atoms with Gasteiger partial charge in [-0.3, -0.25) is 4.79 Å². The summed E-state index contributed by atoms with van der Waals surface area (Å²) < 4.78 is 11.0. The number of hydrogen-bond donors (Lipinski definition) is 0. The van der Waals surface area contributed by atoms with Crippen LogP contribution in [0.3, 0.4) is 0 Å². The van der Waals surface area contributed by atoms with Gasteiger partial charge >= 0.3 is 0 Å². The highest BCUT2D eigenvalue weighted by Gasteiger charge is 2.25. The van der Waals surface area contributed by atoms with Crippen molar-refractivity contribution in [2.45, 2.75) is 26.7 Å². The molecule has 1 amide bonds. The van der Waals surface area contributed by atoms with Gasteiger partial charge in [-0.25, -0.2) is 4.98 Å². The number of amides is 1. The van der Waals surface area contributed by atoms with Crippen molar-refractivity contribution in [1.82, 2.24) is 9.88 Å². The molecule has 5 rings (SSSR count). The number of pyridine rings is 1. The number of carbonyl (C=O) groups is 1. The van der Waals surface area contributed by atoms with Crippen molar-refractivity contribution in [3.05, 3.63) is 52.5 Å². The van der Waals surface area contributed by atoms with Crippen LogP contribution in [-0.2, 0) is 0 Å². The van der Waals surface area contributed by atoms with Gasteiger partial charge in [0, 0.05) is 29.1 Å². The Bertz CT molecular complexity index is 1150. The first kappa shape index (κ1) is 19.2. The molecule has 2 aliphatic rings. The van der Waals surface area contributed by atoms with Gasteiger partial charge in [-0.05, 0) is 61.6 Å². The third-order valence-corrected chi connectivity index (χ3v) is 6.55. The number of aromatic nitrogens is 1. The van der Waals surface area contributed by atoms with Crippen LogP contribution in [0.2, 0.25) is 5.02 Å². The molecular formula is C24H23ClN2O3. The molecule has 0 unspecified atom stereocenters. The standard InChI is InChI=1S/C24H23ClN2O3/c1-14-7-9-27(10-8-14)24(28)18-12-20(16-3-6-21-22(11-16)30-13-29-21)26-23-15(2)19(25)5-4-17(18)23/h3-6,11-12,14H,7-10,13H2,1-2H3. The predicted molar refractivity (Wildman–Crippen MR) is 117 cm³/mol. The predicted octanol–water partition coefficient (Wildman–Crippen LogP) is 5.46. The number of piperidine rings is 1. The van der Waals surface area contributed by atoms with Gasteiger partial charge in [-0.1, -0.05) is 24.6 Å². The zero-order chi connectivity index (χ0) is 20.8. The number of ether oxygens (including phenoxy) is 2. The Morgan fingerprint density at radius 3 is 2.67 bits per heavy atom. The molecule has 30 heavy (non-hydrogen) atoms. The van der Waals surface area contributed by atoms with Gasteiger partial charge < -0.3 is 14.4 Å². The molecule has 1 saturated heterocycles. The summed E-state index contributed by atoms with van der Waals surface area (Å²) in [5, 5.41) is 1.48. The normalized spacial score (nSPS) is 16.3. The first-order valence-corrected chi connectivity index (χ1v) is 10.7. The van der Waals surface area contributed by atoms with E-state index in [9.17, 15) is 4.79 Å². The molecule has 2 aromatic carbocycles. The first-order chi connectivity index (χ1) is 14.5. The molecule has 0 atom stereocenters. The van der Waals surface area contributed by atoms with Crippen molar-refractivity contribution in [3.8, 4) is 22.8 Å². The molecule has 0 radical (unpaired) electrons. The molecule has 0 bridgehead atoms. The topological polar surface area (TPSA) is 51.7 Å². The van der Waals surface area contributed by atoms with E-state index in [4.69, 9.17) is 26.1 Å². The minimum Gasteiger partial charge on any atom is -0.454 e. The van der Waals surface area contributed by atoms with Crippen LogP contribution < -0.4 is 9.47 Å². The molecule has 3 aromatic rings. The van der Waals surface area contributed by atoms with Crippen LogP contribution in [-0.4, -0.2) is 35.7 Å². The van der Waals surface area contributed by atoms with Crippen LogP contribution >= 0.6 is 11.6 Å². The lowest BCUT2D eigenvalue weighted by atomic mass is 9.97. The monoisotopic (exact) mass is 422 g/mol. The van der Waals surface area contributed by atoms with Gasteiger partial charge in [0.1, 0.15) is 0 Å². The molecule has 0 N–H and O–H groups in total. The summed E-state index contributed by atoms with van der Waals surface area (Å²) in [6.07, 6.45) is 2.07. The van der Waals surface area contributed by atoms with Crippen molar-refractivity contribution in [1.29, 1.82) is 0 Å². The SMILES string of the molecule is Cc1c(Cl)ccc2c(C(=O)N3CCC(C)CC3)cc(-c3ccc4c(c3)OCO4)nc12. The van der Waals surface area contributed by atoms with Gasteiger partial charge in [0.2, 0.25) is 6.79 Å². The summed E-state index contributed by atoms with van der Waals surface area (Å²) >= 11 is 6.39. The summed E-state index contributed by atoms with van der Waals surface area (Å²) in [6, 6.07) is 11.4. The number of aryl methyl sites for hydroxylation is 1. The Kier molecular flexibility index (Phi) is 4.78. The van der Waals surface area contributed by atoms with E-state index in [-0.39, 0.29) is 12.7 Å². The number of hydrogen-bond acceptors (Lipinski definition) is 4. The van der Waals surface area contributed by atoms with E-state index in [0.29, 0.717) is 22.3 Å². The van der Waals surface area contributed by atoms with E-state index in [2.05, 4.69) is 6.92 Å². The zero-order valence-electron chi connectivity index (χ0n) is 17.1. The Hall–Kier alpha value is -2.79. The number of nitrogens with zero attached hydrogens (tertiary/aromatic N) is 2. The fourth-order valence-electron chi connectivity index (χ4n) is 4.17. The Morgan fingerprint density at radius 1 is 1.10 bits per heavy atom. The van der Waals surface area contributed by atoms with Crippen molar-refractivity contribution in [3.63, 3.8) is 0 Å². The second kappa shape index (κ2) is 7.47. The van der Waals surface area contributed by atoms with Gasteiger partial charge in [-0.15, -0.1) is 0 Å². The lowest BCUT2D eigenvalue weighted by Crippen LogP contribution is -2.38. The smallest absolute Gasteiger partial charge is 0.254 e. The van der Waals surface area contributed by atoms with Gasteiger partial charge in [0.05, 0.1) is 16.8 Å². The average molecular weight is 423 g/mol. The number of rotatable bonds is 2. The molecule has 0 saturated carbocycles. The highest BCUT2D eigenvalue weighted by Crippen LogP contribution is 2.37. The summed E-state index contributed by atoms with van der Waals surface area (Å²) in [5.74, 6) is 2.12. The lowest BCUT2D eigenvalue weighted by Gasteiger charge is -2.30. The Balaban J connectivity index is 1.65. The fraction of sp³-hybridized carbons (Fsp3) is 0.333. The Labute approximate surface area is 180 Å². The molecule has 154 valence electrons. The lowest BCUT2D eigenvalue weighted by molar-refractivity contribution is 0.0699. The summed E-state index contributed by atoms with van der Waals surface area (Å²) in [6.45, 7) is 5.98. The van der Waals surface area contributed by atoms with E-state index in [1.54, 1.807) is 0 Å². The largest absolute Gasteiger partial charge is 0.454 e. The van der Waals surface area contributed by atoms with Crippen LogP contribution in [0.5, 0.6) is 11.5 Å². The van der Waals surface area contributed by atoms with Crippen molar-refractivity contribution >= 4 is 28.4 Å². The summed E-state index contributed by atoms with van der Waals surface area (Å²) in [4.78, 5) is 20.3. The van der Waals surface area contributed by atoms with E-state index in [1.165, 1.54) is 0 Å². The minimum atomic E-state index is 0.0537. The van der Waals surface area contributed by atoms with Crippen LogP contribution in [0.1, 0.15) is 35.7 Å². The van der Waals surface area contributed by atoms with E-state index in [1.807, 2.05) is 48.2 Å². The second-order valence-corrected chi connectivity index (χ2v) is 8.57. The highest BCUT2D eigenvalue weighted by atomic mass is 35.5. The zero-order valence-corrected chi connectivity index (χ0v) is 17.8. The van der Waals surface area contributed by atoms with Gasteiger partial charge in [-0.2, -0.15) is 0 Å². The third kappa shape index (κ3) is 3.27. The second-order valence-electron chi connectivity index (χ2n) is 8.17. The highest BCUT2D eigenvalue weighted by molar-refractivity contribution is 6.32. The van der Waals surface area contributed by atoms with E-state index in [0.717, 1.165) is 59.4 Å². The molecule has 1 aromatic heterocycles. The van der Waals surface area contributed by atoms with Gasteiger partial charge in [0.15, 0.2) is 11.5 Å². The van der Waals surface area contributed by atoms with Gasteiger partial charge in [0.25, 0.3) is 5.91 Å². The third-order valence-electron chi connectivity index (χ3n) is 6.14. The molecular weight excluding hydrogens is 400 g/mol. The summed E-state index contributed by atoms with van der Waals surface area (Å²) in [5.41, 5.74) is 3.90. The number of benzene rings is 2. The van der Waals surface area contributed by atoms with E-state index >= 15 is 0 Å². The molecule has 6 heteroatoms. The maximum atomic E-state index is 13.5. The number of fused-ring (bicyclic) bond motifs is 2. The maximum Gasteiger partial charge on any atom is 0.254 e. The van der Waals surface area contributed by atoms with Crippen LogP contribution in [0.4, 0.5) is 0 Å². The van der Waals surface area contributed by atoms with Crippen LogP contribution in [0.15, 0.2) is 36.4 Å². The molecule has 3 heterocycles. The van der Waals surface area contributed by atoms with Crippen molar-refractivity contribution in [2.75, 3.05) is 19.9 Å². The number of likely N-dealkylation sites (tertiary alicyclic amines) is 1. The molecule has 0 spiro atoms. The van der Waals surface area contributed by atoms with Crippen molar-refractivity contribution < 1.29 is 14.3 Å². The maximum absolute atomic E-state index is 13.5. The summed E-state index contributed by atoms with van der Waals surface area (Å²) in [7, 11) is 0. The fourth-order valence-corrected chi connectivity index (χ4v) is 4.32. The molecule has 2 aliphatic heterocycles. The number of carbonyl (C=O) groups excluding carboxylic acids is 1. The number of halogens is 1. The van der Waals surface area contributed by atoms with Crippen LogP contribution in [0, 0.1) is 12.8 Å². The minimum absolute atomic E-state index is 0.0537. The Morgan fingerprint density at radius 2 is 1.87 bits per heavy atom. The van der Waals surface area contributed by atoms with Crippen molar-refractivity contribution in [2.24, 2.45) is 5.92 Å². The molecule has 1 fully saturated rings. The quantitative estimate of drug-likeness (QED) is 0.550. The van der Waals surface area contributed by atoms with Crippen LogP contribution in [0.25, 0.3) is 22.2 Å². The average Bonchev–Trinajstić information content (AvgIpc) is 3.24. The molecule has 0 aliphatic carbocycles. The molecule has 5 nitrogen and oxygen atoms in total. The first-order valence-electron chi connectivity index (χ1n) is 10.3. The van der Waals surface area contributed by atoms with E-state index < -0.39 is 0 Å².